The van der Waals surface area contributed by atoms with Crippen LogP contribution in [0, 0.1) is 5.82 Å². The number of hydrogen-bond acceptors (Lipinski definition) is 2. The Balaban J connectivity index is 3.18. The molecule has 0 heterocycles. The predicted molar refractivity (Wildman–Crippen MR) is 51.8 cm³/mol. The molecular formula is C9H10BrFO2. The monoisotopic (exact) mass is 248 g/mol. The summed E-state index contributed by atoms with van der Waals surface area (Å²) in [4.78, 5) is 0. The van der Waals surface area contributed by atoms with Crippen LogP contribution in [0.25, 0.3) is 0 Å². The summed E-state index contributed by atoms with van der Waals surface area (Å²) in [6, 6.07) is 2.91. The van der Waals surface area contributed by atoms with Gasteiger partial charge >= 0.3 is 0 Å². The van der Waals surface area contributed by atoms with E-state index in [-0.39, 0.29) is 5.75 Å². The maximum atomic E-state index is 13.2. The number of ether oxygens (including phenoxy) is 2. The molecule has 0 aliphatic rings. The van der Waals surface area contributed by atoms with E-state index in [9.17, 15) is 4.39 Å². The van der Waals surface area contributed by atoms with Crippen LogP contribution in [0.1, 0.15) is 6.92 Å². The van der Waals surface area contributed by atoms with Gasteiger partial charge in [-0.3, -0.25) is 0 Å². The lowest BCUT2D eigenvalue weighted by atomic mass is 10.3. The third-order valence-electron chi connectivity index (χ3n) is 1.51. The molecule has 13 heavy (non-hydrogen) atoms. The van der Waals surface area contributed by atoms with Crippen molar-refractivity contribution < 1.29 is 13.9 Å². The quantitative estimate of drug-likeness (QED) is 0.819. The van der Waals surface area contributed by atoms with Gasteiger partial charge in [0.05, 0.1) is 18.2 Å². The van der Waals surface area contributed by atoms with Crippen molar-refractivity contribution in [3.8, 4) is 11.5 Å². The van der Waals surface area contributed by atoms with Crippen LogP contribution in [0.3, 0.4) is 0 Å². The summed E-state index contributed by atoms with van der Waals surface area (Å²) in [6.07, 6.45) is 0. The zero-order chi connectivity index (χ0) is 9.84. The van der Waals surface area contributed by atoms with Crippen LogP contribution < -0.4 is 9.47 Å². The Hall–Kier alpha value is -0.770. The smallest absolute Gasteiger partial charge is 0.198 e. The van der Waals surface area contributed by atoms with E-state index in [1.165, 1.54) is 13.2 Å². The first-order valence-corrected chi connectivity index (χ1v) is 4.64. The zero-order valence-corrected chi connectivity index (χ0v) is 9.02. The third kappa shape index (κ3) is 2.12. The van der Waals surface area contributed by atoms with Gasteiger partial charge in [0.2, 0.25) is 0 Å². The minimum atomic E-state index is -0.415. The molecule has 1 rings (SSSR count). The molecule has 0 N–H and O–H groups in total. The number of methoxy groups -OCH3 is 1. The van der Waals surface area contributed by atoms with Crippen LogP contribution in [0.2, 0.25) is 0 Å². The third-order valence-corrected chi connectivity index (χ3v) is 2.13. The highest BCUT2D eigenvalue weighted by molar-refractivity contribution is 9.10. The van der Waals surface area contributed by atoms with Crippen molar-refractivity contribution >= 4 is 15.9 Å². The molecule has 4 heteroatoms. The van der Waals surface area contributed by atoms with Gasteiger partial charge in [0.1, 0.15) is 0 Å². The highest BCUT2D eigenvalue weighted by Crippen LogP contribution is 2.37. The van der Waals surface area contributed by atoms with Gasteiger partial charge in [-0.1, -0.05) is 0 Å². The molecule has 0 amide bonds. The summed E-state index contributed by atoms with van der Waals surface area (Å²) in [6.45, 7) is 2.20. The highest BCUT2D eigenvalue weighted by atomic mass is 79.9. The molecule has 0 saturated carbocycles. The number of hydrogen-bond donors (Lipinski definition) is 0. The molecular weight excluding hydrogens is 239 g/mol. The van der Waals surface area contributed by atoms with Crippen molar-refractivity contribution in [3.05, 3.63) is 22.4 Å². The first-order chi connectivity index (χ1) is 6.20. The molecule has 0 saturated heterocycles. The fourth-order valence-corrected chi connectivity index (χ4v) is 1.46. The SMILES string of the molecule is CCOc1c(F)ccc(Br)c1OC. The zero-order valence-electron chi connectivity index (χ0n) is 7.43. The van der Waals surface area contributed by atoms with E-state index in [0.717, 1.165) is 0 Å². The normalized spacial score (nSPS) is 9.85. The molecule has 0 unspecified atom stereocenters. The minimum absolute atomic E-state index is 0.152. The molecule has 0 spiro atoms. The molecule has 0 aliphatic heterocycles. The lowest BCUT2D eigenvalue weighted by molar-refractivity contribution is 0.293. The van der Waals surface area contributed by atoms with E-state index < -0.39 is 5.82 Å². The summed E-state index contributed by atoms with van der Waals surface area (Å²) in [5, 5.41) is 0. The Labute approximate surface area is 84.8 Å². The summed E-state index contributed by atoms with van der Waals surface area (Å²) < 4.78 is 24.0. The van der Waals surface area contributed by atoms with Crippen LogP contribution in [0.15, 0.2) is 16.6 Å². The summed E-state index contributed by atoms with van der Waals surface area (Å²) in [5.41, 5.74) is 0. The van der Waals surface area contributed by atoms with E-state index in [1.807, 2.05) is 0 Å². The first-order valence-electron chi connectivity index (χ1n) is 3.85. The second-order valence-corrected chi connectivity index (χ2v) is 3.18. The maximum absolute atomic E-state index is 13.2. The average molecular weight is 249 g/mol. The number of rotatable bonds is 3. The first kappa shape index (κ1) is 10.3. The summed E-state index contributed by atoms with van der Waals surface area (Å²) >= 11 is 3.24. The Bertz CT molecular complexity index is 302. The van der Waals surface area contributed by atoms with Gasteiger partial charge in [0.25, 0.3) is 0 Å². The molecule has 2 nitrogen and oxygen atoms in total. The predicted octanol–water partition coefficient (Wildman–Crippen LogP) is 3.00. The van der Waals surface area contributed by atoms with Gasteiger partial charge in [-0.25, -0.2) is 4.39 Å². The van der Waals surface area contributed by atoms with Gasteiger partial charge in [-0.15, -0.1) is 0 Å². The fraction of sp³-hybridized carbons (Fsp3) is 0.333. The number of benzene rings is 1. The van der Waals surface area contributed by atoms with Crippen molar-refractivity contribution in [1.29, 1.82) is 0 Å². The van der Waals surface area contributed by atoms with E-state index in [1.54, 1.807) is 13.0 Å². The number of halogens is 2. The Morgan fingerprint density at radius 1 is 1.38 bits per heavy atom. The van der Waals surface area contributed by atoms with Gasteiger partial charge in [-0.2, -0.15) is 0 Å². The van der Waals surface area contributed by atoms with E-state index in [4.69, 9.17) is 9.47 Å². The van der Waals surface area contributed by atoms with Gasteiger partial charge in [0, 0.05) is 0 Å². The molecule has 1 aromatic rings. The topological polar surface area (TPSA) is 18.5 Å². The molecule has 0 radical (unpaired) electrons. The molecule has 72 valence electrons. The van der Waals surface area contributed by atoms with E-state index >= 15 is 0 Å². The van der Waals surface area contributed by atoms with Crippen LogP contribution in [0.4, 0.5) is 4.39 Å². The molecule has 0 bridgehead atoms. The Morgan fingerprint density at radius 2 is 2.08 bits per heavy atom. The van der Waals surface area contributed by atoms with Crippen molar-refractivity contribution in [2.75, 3.05) is 13.7 Å². The van der Waals surface area contributed by atoms with Gasteiger partial charge in [-0.05, 0) is 35.0 Å². The van der Waals surface area contributed by atoms with Crippen molar-refractivity contribution in [1.82, 2.24) is 0 Å². The van der Waals surface area contributed by atoms with E-state index in [0.29, 0.717) is 16.8 Å². The van der Waals surface area contributed by atoms with Crippen molar-refractivity contribution in [2.45, 2.75) is 6.92 Å². The fourth-order valence-electron chi connectivity index (χ4n) is 0.984. The molecule has 0 atom stereocenters. The minimum Gasteiger partial charge on any atom is -0.492 e. The highest BCUT2D eigenvalue weighted by Gasteiger charge is 2.13. The summed E-state index contributed by atoms with van der Waals surface area (Å²) in [7, 11) is 1.47. The molecule has 0 fully saturated rings. The molecule has 1 aromatic carbocycles. The van der Waals surface area contributed by atoms with Crippen LogP contribution >= 0.6 is 15.9 Å². The van der Waals surface area contributed by atoms with Gasteiger partial charge < -0.3 is 9.47 Å². The van der Waals surface area contributed by atoms with Crippen molar-refractivity contribution in [2.24, 2.45) is 0 Å². The Morgan fingerprint density at radius 3 is 2.62 bits per heavy atom. The average Bonchev–Trinajstić information content (AvgIpc) is 2.12. The Kier molecular flexibility index (Phi) is 3.54. The molecule has 0 aromatic heterocycles. The summed E-state index contributed by atoms with van der Waals surface area (Å²) in [5.74, 6) is 0.128. The molecule has 0 aliphatic carbocycles. The lowest BCUT2D eigenvalue weighted by Gasteiger charge is -2.11. The second-order valence-electron chi connectivity index (χ2n) is 2.32. The van der Waals surface area contributed by atoms with Crippen LogP contribution in [-0.4, -0.2) is 13.7 Å². The second kappa shape index (κ2) is 4.46. The maximum Gasteiger partial charge on any atom is 0.198 e. The largest absolute Gasteiger partial charge is 0.492 e. The van der Waals surface area contributed by atoms with Crippen LogP contribution in [-0.2, 0) is 0 Å². The van der Waals surface area contributed by atoms with E-state index in [2.05, 4.69) is 15.9 Å². The van der Waals surface area contributed by atoms with Crippen LogP contribution in [0.5, 0.6) is 11.5 Å². The van der Waals surface area contributed by atoms with Gasteiger partial charge in [0.15, 0.2) is 17.3 Å². The van der Waals surface area contributed by atoms with Crippen molar-refractivity contribution in [3.63, 3.8) is 0 Å². The standard InChI is InChI=1S/C9H10BrFO2/c1-3-13-9-7(11)5-4-6(10)8(9)12-2/h4-5H,3H2,1-2H3. The lowest BCUT2D eigenvalue weighted by Crippen LogP contribution is -1.98.